The average Bonchev–Trinajstić information content (AvgIpc) is 3.37. The lowest BCUT2D eigenvalue weighted by Gasteiger charge is -2.45. The van der Waals surface area contributed by atoms with Crippen LogP contribution in [0.2, 0.25) is 17.6 Å². The molecule has 2 aromatic rings. The number of ether oxygens (including phenoxy) is 1. The Morgan fingerprint density at radius 2 is 1.70 bits per heavy atom. The lowest BCUT2D eigenvalue weighted by Crippen LogP contribution is -2.55. The normalized spacial score (nSPS) is 25.1. The smallest absolute Gasteiger partial charge is 0.123 e. The van der Waals surface area contributed by atoms with E-state index in [1.807, 2.05) is 6.07 Å². The largest absolute Gasteiger partial charge is 0.488 e. The summed E-state index contributed by atoms with van der Waals surface area (Å²) in [6.07, 6.45) is 6.29. The molecule has 0 bridgehead atoms. The van der Waals surface area contributed by atoms with Crippen LogP contribution >= 0.6 is 0 Å². The van der Waals surface area contributed by atoms with Crippen LogP contribution in [0.5, 0.6) is 5.75 Å². The summed E-state index contributed by atoms with van der Waals surface area (Å²) in [6, 6.07) is 12.9. The van der Waals surface area contributed by atoms with Crippen molar-refractivity contribution >= 4 is 18.8 Å². The van der Waals surface area contributed by atoms with E-state index in [1.165, 1.54) is 24.4 Å². The fourth-order valence-corrected chi connectivity index (χ4v) is 14.3. The number of fused-ring (bicyclic) bond motifs is 2. The molecular formula is C34H47FOSi. The third kappa shape index (κ3) is 4.34. The number of hydrogen-bond acceptors (Lipinski definition) is 1. The SMILES string of the molecule is CC[Si](CC)(c1cc(F)cc(C(C)(C)C)c1OC(C)(C)C)C1C(C)CC2c3cccc4c3C(=CC21)CC4. The zero-order valence-corrected chi connectivity index (χ0v) is 25.6. The molecule has 4 unspecified atom stereocenters. The van der Waals surface area contributed by atoms with E-state index < -0.39 is 8.07 Å². The van der Waals surface area contributed by atoms with E-state index in [4.69, 9.17) is 4.74 Å². The molecule has 3 heteroatoms. The molecule has 1 nitrogen and oxygen atoms in total. The first-order valence-electron chi connectivity index (χ1n) is 14.7. The first-order valence-corrected chi connectivity index (χ1v) is 17.2. The van der Waals surface area contributed by atoms with Crippen LogP contribution in [-0.4, -0.2) is 13.7 Å². The van der Waals surface area contributed by atoms with E-state index >= 15 is 4.39 Å². The Hall–Kier alpha value is -1.87. The van der Waals surface area contributed by atoms with E-state index in [9.17, 15) is 0 Å². The maximum atomic E-state index is 15.6. The minimum Gasteiger partial charge on any atom is -0.488 e. The number of benzene rings is 2. The van der Waals surface area contributed by atoms with E-state index in [0.29, 0.717) is 23.3 Å². The highest BCUT2D eigenvalue weighted by molar-refractivity contribution is 6.93. The van der Waals surface area contributed by atoms with Gasteiger partial charge < -0.3 is 4.74 Å². The predicted octanol–water partition coefficient (Wildman–Crippen LogP) is 9.15. The molecule has 1 saturated carbocycles. The summed E-state index contributed by atoms with van der Waals surface area (Å²) in [6.45, 7) is 20.2. The minimum absolute atomic E-state index is 0.102. The molecular weight excluding hydrogens is 471 g/mol. The van der Waals surface area contributed by atoms with Crippen molar-refractivity contribution in [1.82, 2.24) is 0 Å². The molecule has 0 heterocycles. The van der Waals surface area contributed by atoms with Crippen LogP contribution in [0, 0.1) is 17.7 Å². The van der Waals surface area contributed by atoms with Crippen LogP contribution in [0.1, 0.15) is 103 Å². The summed E-state index contributed by atoms with van der Waals surface area (Å²) in [5.74, 6) is 2.62. The Bertz CT molecular complexity index is 1220. The first kappa shape index (κ1) is 26.7. The number of aryl methyl sites for hydroxylation is 1. The molecule has 3 aliphatic rings. The van der Waals surface area contributed by atoms with Crippen molar-refractivity contribution < 1.29 is 9.13 Å². The highest BCUT2D eigenvalue weighted by Gasteiger charge is 2.55. The van der Waals surface area contributed by atoms with Crippen LogP contribution in [0.3, 0.4) is 0 Å². The molecule has 0 radical (unpaired) electrons. The van der Waals surface area contributed by atoms with Crippen molar-refractivity contribution in [2.75, 3.05) is 0 Å². The van der Waals surface area contributed by atoms with Crippen molar-refractivity contribution in [2.45, 2.75) is 116 Å². The van der Waals surface area contributed by atoms with Gasteiger partial charge in [0.2, 0.25) is 0 Å². The molecule has 0 aromatic heterocycles. The summed E-state index contributed by atoms with van der Waals surface area (Å²) in [7, 11) is -2.20. The monoisotopic (exact) mass is 518 g/mol. The molecule has 200 valence electrons. The van der Waals surface area contributed by atoms with E-state index in [2.05, 4.69) is 86.6 Å². The summed E-state index contributed by atoms with van der Waals surface area (Å²) < 4.78 is 22.4. The molecule has 0 N–H and O–H groups in total. The van der Waals surface area contributed by atoms with Crippen molar-refractivity contribution in [3.8, 4) is 5.75 Å². The van der Waals surface area contributed by atoms with Crippen molar-refractivity contribution in [3.05, 3.63) is 64.5 Å². The molecule has 0 spiro atoms. The summed E-state index contributed by atoms with van der Waals surface area (Å²) >= 11 is 0. The Balaban J connectivity index is 1.73. The lowest BCUT2D eigenvalue weighted by atomic mass is 9.78. The van der Waals surface area contributed by atoms with Crippen LogP contribution in [0.15, 0.2) is 36.4 Å². The molecule has 1 fully saturated rings. The van der Waals surface area contributed by atoms with Crippen molar-refractivity contribution in [2.24, 2.45) is 11.8 Å². The number of hydrogen-bond donors (Lipinski definition) is 0. The van der Waals surface area contributed by atoms with Crippen LogP contribution in [-0.2, 0) is 11.8 Å². The molecule has 0 saturated heterocycles. The Labute approximate surface area is 225 Å². The van der Waals surface area contributed by atoms with E-state index in [-0.39, 0.29) is 16.8 Å². The van der Waals surface area contributed by atoms with Gasteiger partial charge >= 0.3 is 0 Å². The third-order valence-corrected chi connectivity index (χ3v) is 16.0. The van der Waals surface area contributed by atoms with Gasteiger partial charge in [-0.15, -0.1) is 0 Å². The molecule has 2 aromatic carbocycles. The highest BCUT2D eigenvalue weighted by Crippen LogP contribution is 2.61. The van der Waals surface area contributed by atoms with Crippen LogP contribution in [0.4, 0.5) is 4.39 Å². The van der Waals surface area contributed by atoms with Gasteiger partial charge in [0, 0.05) is 5.56 Å². The maximum absolute atomic E-state index is 15.6. The quantitative estimate of drug-likeness (QED) is 0.359. The molecule has 3 aliphatic carbocycles. The highest BCUT2D eigenvalue weighted by atomic mass is 28.3. The zero-order valence-electron chi connectivity index (χ0n) is 24.6. The standard InChI is InChI=1S/C34H47FOSi/c1-10-37(11-2,29-20-24(35)19-28(33(4,5)6)31(29)36-34(7,8)9)32-21(3)17-26-25-14-12-13-22-15-16-23(30(22)25)18-27(26)32/h12-14,18-21,26-27,32H,10-11,15-17H2,1-9H3. The van der Waals surface area contributed by atoms with Gasteiger partial charge in [0.25, 0.3) is 0 Å². The second kappa shape index (κ2) is 9.11. The van der Waals surface area contributed by atoms with Gasteiger partial charge in [-0.05, 0) is 108 Å². The lowest BCUT2D eigenvalue weighted by molar-refractivity contribution is 0.129. The van der Waals surface area contributed by atoms with Gasteiger partial charge in [-0.3, -0.25) is 0 Å². The zero-order chi connectivity index (χ0) is 26.9. The van der Waals surface area contributed by atoms with Crippen molar-refractivity contribution in [3.63, 3.8) is 0 Å². The van der Waals surface area contributed by atoms with Crippen LogP contribution < -0.4 is 9.92 Å². The van der Waals surface area contributed by atoms with Gasteiger partial charge in [0.15, 0.2) is 0 Å². The average molecular weight is 519 g/mol. The van der Waals surface area contributed by atoms with Gasteiger partial charge in [-0.2, -0.15) is 0 Å². The molecule has 37 heavy (non-hydrogen) atoms. The first-order chi connectivity index (χ1) is 17.3. The van der Waals surface area contributed by atoms with Gasteiger partial charge in [-0.1, -0.05) is 77.9 Å². The predicted molar refractivity (Wildman–Crippen MR) is 158 cm³/mol. The fourth-order valence-electron chi connectivity index (χ4n) is 8.34. The van der Waals surface area contributed by atoms with Crippen molar-refractivity contribution in [1.29, 1.82) is 0 Å². The van der Waals surface area contributed by atoms with E-state index in [1.54, 1.807) is 28.3 Å². The van der Waals surface area contributed by atoms with E-state index in [0.717, 1.165) is 23.4 Å². The van der Waals surface area contributed by atoms with Crippen LogP contribution in [0.25, 0.3) is 5.57 Å². The summed E-state index contributed by atoms with van der Waals surface area (Å²) in [5.41, 5.74) is 7.37. The molecule has 0 aliphatic heterocycles. The number of allylic oxidation sites excluding steroid dienone is 2. The van der Waals surface area contributed by atoms with Gasteiger partial charge in [0.1, 0.15) is 17.2 Å². The Morgan fingerprint density at radius 1 is 1.00 bits per heavy atom. The van der Waals surface area contributed by atoms with Gasteiger partial charge in [-0.25, -0.2) is 4.39 Å². The maximum Gasteiger partial charge on any atom is 0.123 e. The Morgan fingerprint density at radius 3 is 2.32 bits per heavy atom. The fraction of sp³-hybridized carbons (Fsp3) is 0.588. The summed E-state index contributed by atoms with van der Waals surface area (Å²) in [4.78, 5) is 0. The third-order valence-electron chi connectivity index (χ3n) is 9.79. The Kier molecular flexibility index (Phi) is 6.58. The summed E-state index contributed by atoms with van der Waals surface area (Å²) in [5, 5.41) is 1.24. The second-order valence-electron chi connectivity index (χ2n) is 14.2. The topological polar surface area (TPSA) is 9.23 Å². The minimum atomic E-state index is -2.20. The molecule has 4 atom stereocenters. The molecule has 5 rings (SSSR count). The molecule has 0 amide bonds. The second-order valence-corrected chi connectivity index (χ2v) is 19.1. The van der Waals surface area contributed by atoms with Gasteiger partial charge in [0.05, 0.1) is 8.07 Å². The number of halogens is 1. The number of rotatable bonds is 5.